The molecule has 1 aromatic carbocycles. The molecule has 1 fully saturated rings. The molecule has 25 heavy (non-hydrogen) atoms. The number of halogens is 2. The zero-order chi connectivity index (χ0) is 16.1. The molecule has 1 aromatic heterocycles. The average Bonchev–Trinajstić information content (AvgIpc) is 2.63. The van der Waals surface area contributed by atoms with E-state index in [1.165, 1.54) is 0 Å². The smallest absolute Gasteiger partial charge is 0.240 e. The van der Waals surface area contributed by atoms with Crippen LogP contribution in [0.1, 0.15) is 18.5 Å². The average molecular weight is 384 g/mol. The Labute approximate surface area is 160 Å². The second kappa shape index (κ2) is 10.4. The van der Waals surface area contributed by atoms with Crippen molar-refractivity contribution in [3.63, 3.8) is 0 Å². The van der Waals surface area contributed by atoms with E-state index in [2.05, 4.69) is 27.8 Å². The Balaban J connectivity index is 0.00000156. The van der Waals surface area contributed by atoms with Crippen molar-refractivity contribution in [3.05, 3.63) is 54.4 Å². The molecule has 0 saturated carbocycles. The summed E-state index contributed by atoms with van der Waals surface area (Å²) in [5, 5.41) is 6.19. The van der Waals surface area contributed by atoms with Gasteiger partial charge in [0.2, 0.25) is 5.91 Å². The third-order valence-corrected chi connectivity index (χ3v) is 4.00. The minimum Gasteiger partial charge on any atom is -0.378 e. The molecular weight excluding hydrogens is 361 g/mol. The van der Waals surface area contributed by atoms with Gasteiger partial charge in [-0.1, -0.05) is 30.3 Å². The maximum atomic E-state index is 12.2. The highest BCUT2D eigenvalue weighted by Gasteiger charge is 2.22. The van der Waals surface area contributed by atoms with Crippen molar-refractivity contribution < 1.29 is 9.53 Å². The molecule has 1 saturated heterocycles. The van der Waals surface area contributed by atoms with Crippen molar-refractivity contribution in [2.75, 3.05) is 19.8 Å². The van der Waals surface area contributed by atoms with Crippen LogP contribution in [0.2, 0.25) is 0 Å². The molecule has 0 radical (unpaired) electrons. The van der Waals surface area contributed by atoms with Crippen molar-refractivity contribution in [3.8, 4) is 11.1 Å². The van der Waals surface area contributed by atoms with E-state index in [4.69, 9.17) is 4.74 Å². The summed E-state index contributed by atoms with van der Waals surface area (Å²) in [7, 11) is 0. The van der Waals surface area contributed by atoms with Gasteiger partial charge in [-0.15, -0.1) is 24.8 Å². The number of ether oxygens (including phenoxy) is 1. The predicted octanol–water partition coefficient (Wildman–Crippen LogP) is 2.76. The minimum absolute atomic E-state index is 0. The van der Waals surface area contributed by atoms with E-state index in [-0.39, 0.29) is 42.8 Å². The molecule has 5 nitrogen and oxygen atoms in total. The highest BCUT2D eigenvalue weighted by atomic mass is 35.5. The van der Waals surface area contributed by atoms with E-state index < -0.39 is 0 Å². The van der Waals surface area contributed by atoms with Crippen LogP contribution < -0.4 is 10.6 Å². The quantitative estimate of drug-likeness (QED) is 0.851. The normalized spacial score (nSPS) is 17.6. The Hall–Kier alpha value is -1.66. The summed E-state index contributed by atoms with van der Waals surface area (Å²) < 4.78 is 5.33. The first-order valence-electron chi connectivity index (χ1n) is 7.86. The monoisotopic (exact) mass is 383 g/mol. The van der Waals surface area contributed by atoms with Crippen LogP contribution >= 0.6 is 24.8 Å². The standard InChI is InChI=1S/C18H21N3O2.2ClH/c1-13(21-18(22)17-12-23-10-9-20-17)14-4-6-15(7-5-14)16-3-2-8-19-11-16;;/h2-8,11,13,17,20H,9-10,12H2,1H3,(H,21,22);2*1H. The van der Waals surface area contributed by atoms with Crippen LogP contribution in [0.15, 0.2) is 48.8 Å². The molecule has 1 aliphatic heterocycles. The van der Waals surface area contributed by atoms with Crippen molar-refractivity contribution in [2.45, 2.75) is 19.0 Å². The third kappa shape index (κ3) is 5.68. The van der Waals surface area contributed by atoms with Gasteiger partial charge in [-0.05, 0) is 29.7 Å². The zero-order valence-electron chi connectivity index (χ0n) is 14.0. The first-order valence-corrected chi connectivity index (χ1v) is 7.86. The lowest BCUT2D eigenvalue weighted by Gasteiger charge is -2.25. The number of nitrogens with zero attached hydrogens (tertiary/aromatic N) is 1. The molecule has 1 aliphatic rings. The fourth-order valence-corrected chi connectivity index (χ4v) is 2.63. The molecule has 2 N–H and O–H groups in total. The predicted molar refractivity (Wildman–Crippen MR) is 103 cm³/mol. The topological polar surface area (TPSA) is 63.2 Å². The highest BCUT2D eigenvalue weighted by Crippen LogP contribution is 2.21. The number of amides is 1. The summed E-state index contributed by atoms with van der Waals surface area (Å²) in [6.45, 7) is 3.79. The largest absolute Gasteiger partial charge is 0.378 e. The number of hydrogen-bond acceptors (Lipinski definition) is 4. The van der Waals surface area contributed by atoms with Gasteiger partial charge in [0.15, 0.2) is 0 Å². The summed E-state index contributed by atoms with van der Waals surface area (Å²) in [5.41, 5.74) is 3.27. The molecule has 136 valence electrons. The van der Waals surface area contributed by atoms with Crippen molar-refractivity contribution in [1.82, 2.24) is 15.6 Å². The van der Waals surface area contributed by atoms with Gasteiger partial charge >= 0.3 is 0 Å². The molecular formula is C18H23Cl2N3O2. The van der Waals surface area contributed by atoms with Gasteiger partial charge in [-0.25, -0.2) is 0 Å². The maximum absolute atomic E-state index is 12.2. The first-order chi connectivity index (χ1) is 11.2. The Kier molecular flexibility index (Phi) is 8.86. The zero-order valence-corrected chi connectivity index (χ0v) is 15.6. The molecule has 2 unspecified atom stereocenters. The van der Waals surface area contributed by atoms with Gasteiger partial charge < -0.3 is 15.4 Å². The van der Waals surface area contributed by atoms with E-state index in [0.717, 1.165) is 16.7 Å². The molecule has 1 amide bonds. The SMILES string of the molecule is CC(NC(=O)C1COCCN1)c1ccc(-c2cccnc2)cc1.Cl.Cl. The van der Waals surface area contributed by atoms with Gasteiger partial charge in [0.05, 0.1) is 19.3 Å². The summed E-state index contributed by atoms with van der Waals surface area (Å²) >= 11 is 0. The van der Waals surface area contributed by atoms with Crippen molar-refractivity contribution >= 4 is 30.7 Å². The second-order valence-corrected chi connectivity index (χ2v) is 5.68. The second-order valence-electron chi connectivity index (χ2n) is 5.68. The first kappa shape index (κ1) is 21.4. The number of aromatic nitrogens is 1. The summed E-state index contributed by atoms with van der Waals surface area (Å²) in [6, 6.07) is 11.8. The Morgan fingerprint density at radius 3 is 2.60 bits per heavy atom. The number of nitrogens with one attached hydrogen (secondary N) is 2. The van der Waals surface area contributed by atoms with Gasteiger partial charge in [-0.3, -0.25) is 9.78 Å². The van der Waals surface area contributed by atoms with Crippen LogP contribution in [-0.2, 0) is 9.53 Å². The number of carbonyl (C=O) groups excluding carboxylic acids is 1. The molecule has 0 bridgehead atoms. The molecule has 3 rings (SSSR count). The van der Waals surface area contributed by atoms with Gasteiger partial charge in [0.25, 0.3) is 0 Å². The Bertz CT molecular complexity index is 647. The molecule has 2 aromatic rings. The maximum Gasteiger partial charge on any atom is 0.240 e. The molecule has 0 aliphatic carbocycles. The number of rotatable bonds is 4. The van der Waals surface area contributed by atoms with E-state index in [1.807, 2.05) is 37.4 Å². The van der Waals surface area contributed by atoms with E-state index in [9.17, 15) is 4.79 Å². The lowest BCUT2D eigenvalue weighted by atomic mass is 10.0. The fourth-order valence-electron chi connectivity index (χ4n) is 2.63. The lowest BCUT2D eigenvalue weighted by Crippen LogP contribution is -2.51. The number of morpholine rings is 1. The van der Waals surface area contributed by atoms with Crippen LogP contribution in [0.25, 0.3) is 11.1 Å². The van der Waals surface area contributed by atoms with Crippen molar-refractivity contribution in [1.29, 1.82) is 0 Å². The number of hydrogen-bond donors (Lipinski definition) is 2. The summed E-state index contributed by atoms with van der Waals surface area (Å²) in [6.07, 6.45) is 3.60. The van der Waals surface area contributed by atoms with Gasteiger partial charge in [-0.2, -0.15) is 0 Å². The molecule has 7 heteroatoms. The van der Waals surface area contributed by atoms with E-state index >= 15 is 0 Å². The number of pyridine rings is 1. The third-order valence-electron chi connectivity index (χ3n) is 4.00. The number of carbonyl (C=O) groups is 1. The Morgan fingerprint density at radius 1 is 1.24 bits per heavy atom. The fraction of sp³-hybridized carbons (Fsp3) is 0.333. The Morgan fingerprint density at radius 2 is 2.00 bits per heavy atom. The molecule has 0 spiro atoms. The van der Waals surface area contributed by atoms with Gasteiger partial charge in [0.1, 0.15) is 6.04 Å². The summed E-state index contributed by atoms with van der Waals surface area (Å²) in [4.78, 5) is 16.3. The van der Waals surface area contributed by atoms with Crippen LogP contribution in [0.3, 0.4) is 0 Å². The van der Waals surface area contributed by atoms with Crippen LogP contribution in [-0.4, -0.2) is 36.7 Å². The van der Waals surface area contributed by atoms with Crippen LogP contribution in [0.5, 0.6) is 0 Å². The molecule has 2 heterocycles. The summed E-state index contributed by atoms with van der Waals surface area (Å²) in [5.74, 6) is -0.0199. The van der Waals surface area contributed by atoms with Crippen LogP contribution in [0, 0.1) is 0 Å². The minimum atomic E-state index is -0.263. The van der Waals surface area contributed by atoms with E-state index in [1.54, 1.807) is 6.20 Å². The number of benzene rings is 1. The highest BCUT2D eigenvalue weighted by molar-refractivity contribution is 5.85. The lowest BCUT2D eigenvalue weighted by molar-refractivity contribution is -0.126. The van der Waals surface area contributed by atoms with Crippen molar-refractivity contribution in [2.24, 2.45) is 0 Å². The van der Waals surface area contributed by atoms with Crippen LogP contribution in [0.4, 0.5) is 0 Å². The van der Waals surface area contributed by atoms with E-state index in [0.29, 0.717) is 19.8 Å². The van der Waals surface area contributed by atoms with Gasteiger partial charge in [0, 0.05) is 18.9 Å². The molecule has 2 atom stereocenters.